The Kier molecular flexibility index (Phi) is 3.80. The Labute approximate surface area is 118 Å². The van der Waals surface area contributed by atoms with E-state index in [1.165, 1.54) is 30.5 Å². The fourth-order valence-corrected chi connectivity index (χ4v) is 2.58. The van der Waals surface area contributed by atoms with Gasteiger partial charge in [0.15, 0.2) is 0 Å². The summed E-state index contributed by atoms with van der Waals surface area (Å²) in [6, 6.07) is 1.73. The lowest BCUT2D eigenvalue weighted by molar-refractivity contribution is 0.397. The summed E-state index contributed by atoms with van der Waals surface area (Å²) in [4.78, 5) is 8.42. The maximum absolute atomic E-state index is 5.09. The van der Waals surface area contributed by atoms with Crippen LogP contribution in [0.25, 0.3) is 0 Å². The highest BCUT2D eigenvalue weighted by atomic mass is 16.5. The Morgan fingerprint density at radius 2 is 2.20 bits per heavy atom. The lowest BCUT2D eigenvalue weighted by Crippen LogP contribution is -2.06. The number of aromatic nitrogens is 4. The van der Waals surface area contributed by atoms with Crippen LogP contribution < -0.4 is 10.1 Å². The smallest absolute Gasteiger partial charge is 0.226 e. The van der Waals surface area contributed by atoms with Gasteiger partial charge in [0.1, 0.15) is 0 Å². The maximum Gasteiger partial charge on any atom is 0.226 e. The Balaban J connectivity index is 1.70. The Hall–Kier alpha value is -2.11. The van der Waals surface area contributed by atoms with Crippen LogP contribution in [-0.4, -0.2) is 27.3 Å². The topological polar surface area (TPSA) is 75.7 Å². The lowest BCUT2D eigenvalue weighted by atomic mass is 10.1. The molecule has 0 spiro atoms. The summed E-state index contributed by atoms with van der Waals surface area (Å²) < 4.78 is 5.09. The van der Waals surface area contributed by atoms with Crippen LogP contribution in [0.15, 0.2) is 12.3 Å². The van der Waals surface area contributed by atoms with Crippen LogP contribution in [0.1, 0.15) is 36.2 Å². The number of aryl methyl sites for hydroxylation is 1. The lowest BCUT2D eigenvalue weighted by Gasteiger charge is -2.06. The van der Waals surface area contributed by atoms with Gasteiger partial charge in [0.25, 0.3) is 0 Å². The number of hydrogen-bond donors (Lipinski definition) is 2. The molecule has 2 aromatic rings. The Morgan fingerprint density at radius 1 is 1.30 bits per heavy atom. The average Bonchev–Trinajstić information content (AvgIpc) is 2.72. The van der Waals surface area contributed by atoms with Crippen molar-refractivity contribution in [1.29, 1.82) is 0 Å². The summed E-state index contributed by atoms with van der Waals surface area (Å²) in [6.45, 7) is 0.638. The van der Waals surface area contributed by atoms with Gasteiger partial charge >= 0.3 is 0 Å². The quantitative estimate of drug-likeness (QED) is 0.834. The monoisotopic (exact) mass is 273 g/mol. The number of rotatable bonds is 4. The average molecular weight is 273 g/mol. The molecule has 6 heteroatoms. The predicted molar refractivity (Wildman–Crippen MR) is 75.8 cm³/mol. The third-order valence-electron chi connectivity index (χ3n) is 3.65. The molecule has 0 saturated carbocycles. The molecule has 0 amide bonds. The number of nitrogens with one attached hydrogen (secondary N) is 2. The van der Waals surface area contributed by atoms with Gasteiger partial charge in [-0.25, -0.2) is 4.98 Å². The number of H-pyrrole nitrogens is 1. The van der Waals surface area contributed by atoms with Gasteiger partial charge in [0.2, 0.25) is 11.8 Å². The van der Waals surface area contributed by atoms with Crippen LogP contribution >= 0.6 is 0 Å². The van der Waals surface area contributed by atoms with Crippen LogP contribution in [-0.2, 0) is 19.4 Å². The summed E-state index contributed by atoms with van der Waals surface area (Å²) >= 11 is 0. The summed E-state index contributed by atoms with van der Waals surface area (Å²) in [5.74, 6) is 1.12. The number of aromatic amines is 1. The van der Waals surface area contributed by atoms with Gasteiger partial charge in [0.05, 0.1) is 19.3 Å². The van der Waals surface area contributed by atoms with E-state index in [9.17, 15) is 0 Å². The number of nitrogens with zero attached hydrogens (tertiary/aromatic N) is 3. The van der Waals surface area contributed by atoms with Gasteiger partial charge < -0.3 is 10.1 Å². The SMILES string of the molecule is COc1ccnc(NCc2n[nH]c3c2CCCCC3)n1. The molecular weight excluding hydrogens is 254 g/mol. The van der Waals surface area contributed by atoms with E-state index < -0.39 is 0 Å². The predicted octanol–water partition coefficient (Wildman–Crippen LogP) is 2.09. The Bertz CT molecular complexity index is 581. The zero-order valence-electron chi connectivity index (χ0n) is 11.6. The van der Waals surface area contributed by atoms with Crippen LogP contribution in [0.5, 0.6) is 5.88 Å². The molecular formula is C14H19N5O. The van der Waals surface area contributed by atoms with Gasteiger partial charge in [0, 0.05) is 18.0 Å². The van der Waals surface area contributed by atoms with Crippen molar-refractivity contribution in [2.45, 2.75) is 38.6 Å². The second kappa shape index (κ2) is 5.90. The fourth-order valence-electron chi connectivity index (χ4n) is 2.58. The van der Waals surface area contributed by atoms with Crippen molar-refractivity contribution in [3.8, 4) is 5.88 Å². The van der Waals surface area contributed by atoms with Gasteiger partial charge in [-0.15, -0.1) is 0 Å². The van der Waals surface area contributed by atoms with Gasteiger partial charge in [-0.1, -0.05) is 6.42 Å². The molecule has 2 heterocycles. The molecule has 1 aliphatic rings. The first kappa shape index (κ1) is 12.9. The second-order valence-corrected chi connectivity index (χ2v) is 4.96. The van der Waals surface area contributed by atoms with E-state index in [0.717, 1.165) is 18.5 Å². The maximum atomic E-state index is 5.09. The molecule has 0 fully saturated rings. The van der Waals surface area contributed by atoms with Crippen molar-refractivity contribution < 1.29 is 4.74 Å². The van der Waals surface area contributed by atoms with Crippen molar-refractivity contribution in [1.82, 2.24) is 20.2 Å². The van der Waals surface area contributed by atoms with Crippen LogP contribution in [0.4, 0.5) is 5.95 Å². The highest BCUT2D eigenvalue weighted by molar-refractivity contribution is 5.32. The zero-order chi connectivity index (χ0) is 13.8. The van der Waals surface area contributed by atoms with Gasteiger partial charge in [-0.05, 0) is 31.2 Å². The zero-order valence-corrected chi connectivity index (χ0v) is 11.6. The molecule has 6 nitrogen and oxygen atoms in total. The van der Waals surface area contributed by atoms with Crippen molar-refractivity contribution in [2.24, 2.45) is 0 Å². The van der Waals surface area contributed by atoms with Crippen molar-refractivity contribution in [3.63, 3.8) is 0 Å². The molecule has 0 bridgehead atoms. The molecule has 0 saturated heterocycles. The first-order valence-electron chi connectivity index (χ1n) is 7.02. The molecule has 0 radical (unpaired) electrons. The van der Waals surface area contributed by atoms with E-state index in [1.54, 1.807) is 19.4 Å². The van der Waals surface area contributed by atoms with Crippen LogP contribution in [0.2, 0.25) is 0 Å². The van der Waals surface area contributed by atoms with E-state index in [1.807, 2.05) is 0 Å². The number of ether oxygens (including phenoxy) is 1. The molecule has 2 aromatic heterocycles. The third-order valence-corrected chi connectivity index (χ3v) is 3.65. The van der Waals surface area contributed by atoms with E-state index in [0.29, 0.717) is 18.4 Å². The summed E-state index contributed by atoms with van der Waals surface area (Å²) in [6.07, 6.45) is 7.70. The second-order valence-electron chi connectivity index (χ2n) is 4.96. The molecule has 0 aliphatic heterocycles. The van der Waals surface area contributed by atoms with Crippen molar-refractivity contribution in [3.05, 3.63) is 29.2 Å². The first-order valence-corrected chi connectivity index (χ1v) is 7.02. The molecule has 106 valence electrons. The summed E-state index contributed by atoms with van der Waals surface area (Å²) in [5.41, 5.74) is 3.75. The largest absolute Gasteiger partial charge is 0.481 e. The Morgan fingerprint density at radius 3 is 3.10 bits per heavy atom. The van der Waals surface area contributed by atoms with E-state index in [2.05, 4.69) is 25.5 Å². The minimum atomic E-state index is 0.559. The van der Waals surface area contributed by atoms with Crippen LogP contribution in [0, 0.1) is 0 Å². The van der Waals surface area contributed by atoms with Gasteiger partial charge in [-0.2, -0.15) is 10.1 Å². The summed E-state index contributed by atoms with van der Waals surface area (Å²) in [5, 5.41) is 10.8. The molecule has 0 atom stereocenters. The van der Waals surface area contributed by atoms with E-state index >= 15 is 0 Å². The first-order chi connectivity index (χ1) is 9.86. The van der Waals surface area contributed by atoms with Crippen molar-refractivity contribution in [2.75, 3.05) is 12.4 Å². The van der Waals surface area contributed by atoms with E-state index in [4.69, 9.17) is 4.74 Å². The molecule has 2 N–H and O–H groups in total. The highest BCUT2D eigenvalue weighted by Gasteiger charge is 2.15. The number of anilines is 1. The molecule has 0 unspecified atom stereocenters. The highest BCUT2D eigenvalue weighted by Crippen LogP contribution is 2.22. The molecule has 0 aromatic carbocycles. The third kappa shape index (κ3) is 2.74. The fraction of sp³-hybridized carbons (Fsp3) is 0.500. The minimum absolute atomic E-state index is 0.559. The number of fused-ring (bicyclic) bond motifs is 1. The molecule has 20 heavy (non-hydrogen) atoms. The molecule has 1 aliphatic carbocycles. The van der Waals surface area contributed by atoms with Crippen molar-refractivity contribution >= 4 is 5.95 Å². The van der Waals surface area contributed by atoms with Crippen LogP contribution in [0.3, 0.4) is 0 Å². The minimum Gasteiger partial charge on any atom is -0.481 e. The van der Waals surface area contributed by atoms with Gasteiger partial charge in [-0.3, -0.25) is 5.10 Å². The van der Waals surface area contributed by atoms with E-state index in [-0.39, 0.29) is 0 Å². The standard InChI is InChI=1S/C14H19N5O/c1-20-13-7-8-15-14(17-13)16-9-12-10-5-3-2-4-6-11(10)18-19-12/h7-8H,2-6,9H2,1H3,(H,18,19)(H,15,16,17). The number of hydrogen-bond acceptors (Lipinski definition) is 5. The molecule has 3 rings (SSSR count). The number of methoxy groups -OCH3 is 1. The summed E-state index contributed by atoms with van der Waals surface area (Å²) in [7, 11) is 1.60. The normalized spacial score (nSPS) is 14.4.